The number of rotatable bonds is 6. The lowest BCUT2D eigenvalue weighted by Crippen LogP contribution is -2.29. The van der Waals surface area contributed by atoms with E-state index in [-0.39, 0.29) is 12.3 Å². The van der Waals surface area contributed by atoms with Crippen LogP contribution in [0.2, 0.25) is 0 Å². The number of aliphatic hydroxyl groups is 1. The maximum Gasteiger partial charge on any atom is 0.215 e. The van der Waals surface area contributed by atoms with Crippen LogP contribution in [0.5, 0.6) is 0 Å². The highest BCUT2D eigenvalue weighted by Gasteiger charge is 2.15. The lowest BCUT2D eigenvalue weighted by atomic mass is 10.2. The van der Waals surface area contributed by atoms with Crippen LogP contribution in [-0.4, -0.2) is 20.1 Å². The quantitative estimate of drug-likeness (QED) is 0.859. The van der Waals surface area contributed by atoms with Crippen molar-refractivity contribution >= 4 is 21.4 Å². The van der Waals surface area contributed by atoms with Gasteiger partial charge in [-0.05, 0) is 23.9 Å². The first kappa shape index (κ1) is 15.2. The number of sulfonamides is 1. The lowest BCUT2D eigenvalue weighted by Gasteiger charge is -2.11. The van der Waals surface area contributed by atoms with Crippen molar-refractivity contribution in [3.05, 3.63) is 57.8 Å². The lowest BCUT2D eigenvalue weighted by molar-refractivity contribution is 0.185. The van der Waals surface area contributed by atoms with Crippen molar-refractivity contribution in [3.63, 3.8) is 0 Å². The molecule has 0 aliphatic carbocycles. The van der Waals surface area contributed by atoms with E-state index in [1.807, 2.05) is 30.5 Å². The second-order valence-electron chi connectivity index (χ2n) is 4.62. The van der Waals surface area contributed by atoms with Gasteiger partial charge in [0.15, 0.2) is 0 Å². The van der Waals surface area contributed by atoms with E-state index in [2.05, 4.69) is 4.72 Å². The van der Waals surface area contributed by atoms with Gasteiger partial charge in [0.2, 0.25) is 10.0 Å². The molecule has 20 heavy (non-hydrogen) atoms. The van der Waals surface area contributed by atoms with Crippen molar-refractivity contribution in [3.8, 4) is 0 Å². The Balaban J connectivity index is 1.92. The molecule has 4 nitrogen and oxygen atoms in total. The van der Waals surface area contributed by atoms with Gasteiger partial charge in [0.25, 0.3) is 0 Å². The van der Waals surface area contributed by atoms with Crippen LogP contribution in [0.3, 0.4) is 0 Å². The van der Waals surface area contributed by atoms with E-state index in [1.165, 1.54) is 11.3 Å². The van der Waals surface area contributed by atoms with Gasteiger partial charge in [0, 0.05) is 11.4 Å². The van der Waals surface area contributed by atoms with Gasteiger partial charge in [0.05, 0.1) is 5.75 Å². The molecule has 2 rings (SSSR count). The van der Waals surface area contributed by atoms with E-state index < -0.39 is 16.1 Å². The Kier molecular flexibility index (Phi) is 4.93. The molecule has 1 aromatic heterocycles. The number of aliphatic hydroxyl groups excluding tert-OH is 1. The van der Waals surface area contributed by atoms with Gasteiger partial charge >= 0.3 is 0 Å². The number of nitrogens with one attached hydrogen (secondary N) is 1. The smallest absolute Gasteiger partial charge is 0.215 e. The molecule has 0 fully saturated rings. The number of aryl methyl sites for hydroxylation is 1. The molecule has 0 radical (unpaired) electrons. The highest BCUT2D eigenvalue weighted by atomic mass is 32.2. The summed E-state index contributed by atoms with van der Waals surface area (Å²) >= 11 is 1.40. The molecule has 0 amide bonds. The summed E-state index contributed by atoms with van der Waals surface area (Å²) in [6.07, 6.45) is -0.803. The van der Waals surface area contributed by atoms with E-state index in [0.717, 1.165) is 16.0 Å². The first-order valence-electron chi connectivity index (χ1n) is 6.20. The second-order valence-corrected chi connectivity index (χ2v) is 7.41. The summed E-state index contributed by atoms with van der Waals surface area (Å²) in [5.74, 6) is -0.0789. The third-order valence-corrected chi connectivity index (χ3v) is 5.14. The van der Waals surface area contributed by atoms with E-state index >= 15 is 0 Å². The largest absolute Gasteiger partial charge is 0.386 e. The number of thiophene rings is 1. The summed E-state index contributed by atoms with van der Waals surface area (Å²) < 4.78 is 26.3. The normalized spacial score (nSPS) is 13.3. The predicted octanol–water partition coefficient (Wildman–Crippen LogP) is 2.21. The van der Waals surface area contributed by atoms with E-state index in [4.69, 9.17) is 0 Å². The van der Waals surface area contributed by atoms with Gasteiger partial charge in [-0.25, -0.2) is 13.1 Å². The zero-order valence-corrected chi connectivity index (χ0v) is 12.7. The molecule has 1 heterocycles. The Morgan fingerprint density at radius 3 is 2.55 bits per heavy atom. The molecule has 6 heteroatoms. The second kappa shape index (κ2) is 6.49. The van der Waals surface area contributed by atoms with Crippen molar-refractivity contribution in [1.29, 1.82) is 0 Å². The van der Waals surface area contributed by atoms with Crippen molar-refractivity contribution in [2.45, 2.75) is 18.8 Å². The first-order valence-corrected chi connectivity index (χ1v) is 8.74. The fourth-order valence-corrected chi connectivity index (χ4v) is 3.60. The molecule has 1 unspecified atom stereocenters. The Labute approximate surface area is 123 Å². The van der Waals surface area contributed by atoms with Gasteiger partial charge in [-0.3, -0.25) is 0 Å². The van der Waals surface area contributed by atoms with Gasteiger partial charge in [-0.15, -0.1) is 11.3 Å². The third-order valence-electron chi connectivity index (χ3n) is 2.85. The number of hydrogen-bond acceptors (Lipinski definition) is 4. The molecule has 0 aliphatic heterocycles. The maximum absolute atomic E-state index is 11.9. The average molecular weight is 311 g/mol. The summed E-state index contributed by atoms with van der Waals surface area (Å²) in [4.78, 5) is 0.753. The molecule has 0 saturated carbocycles. The topological polar surface area (TPSA) is 66.4 Å². The minimum atomic E-state index is -3.44. The van der Waals surface area contributed by atoms with Crippen molar-refractivity contribution in [2.24, 2.45) is 0 Å². The van der Waals surface area contributed by atoms with Crippen LogP contribution in [0.1, 0.15) is 22.1 Å². The van der Waals surface area contributed by atoms with Crippen LogP contribution in [-0.2, 0) is 15.8 Å². The molecule has 0 spiro atoms. The summed E-state index contributed by atoms with van der Waals surface area (Å²) in [7, 11) is -3.44. The Hall–Kier alpha value is -1.21. The first-order chi connectivity index (χ1) is 9.46. The number of hydrogen-bond donors (Lipinski definition) is 2. The zero-order valence-electron chi connectivity index (χ0n) is 11.1. The van der Waals surface area contributed by atoms with Gasteiger partial charge in [-0.1, -0.05) is 35.9 Å². The SMILES string of the molecule is Cc1ccc(CS(=O)(=O)NCC(O)c2cccs2)cc1. The molecule has 0 aliphatic rings. The fraction of sp³-hybridized carbons (Fsp3) is 0.286. The van der Waals surface area contributed by atoms with Crippen LogP contribution in [0.4, 0.5) is 0 Å². The summed E-state index contributed by atoms with van der Waals surface area (Å²) in [6.45, 7) is 1.95. The monoisotopic (exact) mass is 311 g/mol. The average Bonchev–Trinajstić information content (AvgIpc) is 2.93. The molecular weight excluding hydrogens is 294 g/mol. The van der Waals surface area contributed by atoms with E-state index in [0.29, 0.717) is 0 Å². The Morgan fingerprint density at radius 2 is 1.95 bits per heavy atom. The molecule has 0 bridgehead atoms. The Morgan fingerprint density at radius 1 is 1.25 bits per heavy atom. The van der Waals surface area contributed by atoms with Crippen LogP contribution >= 0.6 is 11.3 Å². The van der Waals surface area contributed by atoms with Crippen LogP contribution in [0.15, 0.2) is 41.8 Å². The van der Waals surface area contributed by atoms with Crippen LogP contribution < -0.4 is 4.72 Å². The predicted molar refractivity (Wildman–Crippen MR) is 81.1 cm³/mol. The zero-order chi connectivity index (χ0) is 14.6. The molecule has 2 aromatic rings. The molecular formula is C14H17NO3S2. The highest BCUT2D eigenvalue weighted by Crippen LogP contribution is 2.18. The summed E-state index contributed by atoms with van der Waals surface area (Å²) in [5, 5.41) is 11.7. The van der Waals surface area contributed by atoms with Gasteiger partial charge in [0.1, 0.15) is 6.10 Å². The maximum atomic E-state index is 11.9. The Bertz CT molecular complexity index is 634. The van der Waals surface area contributed by atoms with Gasteiger partial charge in [-0.2, -0.15) is 0 Å². The summed E-state index contributed by atoms with van der Waals surface area (Å²) in [5.41, 5.74) is 1.82. The highest BCUT2D eigenvalue weighted by molar-refractivity contribution is 7.88. The van der Waals surface area contributed by atoms with Gasteiger partial charge < -0.3 is 5.11 Å². The molecule has 1 atom stereocenters. The van der Waals surface area contributed by atoms with Crippen LogP contribution in [0, 0.1) is 6.92 Å². The molecule has 2 N–H and O–H groups in total. The molecule has 0 saturated heterocycles. The van der Waals surface area contributed by atoms with E-state index in [1.54, 1.807) is 18.2 Å². The number of benzene rings is 1. The van der Waals surface area contributed by atoms with E-state index in [9.17, 15) is 13.5 Å². The molecule has 108 valence electrons. The minimum absolute atomic E-state index is 0.00525. The van der Waals surface area contributed by atoms with Crippen molar-refractivity contribution in [1.82, 2.24) is 4.72 Å². The third kappa shape index (κ3) is 4.42. The minimum Gasteiger partial charge on any atom is -0.386 e. The fourth-order valence-electron chi connectivity index (χ4n) is 1.74. The summed E-state index contributed by atoms with van der Waals surface area (Å²) in [6, 6.07) is 11.0. The van der Waals surface area contributed by atoms with Crippen molar-refractivity contribution in [2.75, 3.05) is 6.54 Å². The molecule has 1 aromatic carbocycles. The van der Waals surface area contributed by atoms with Crippen molar-refractivity contribution < 1.29 is 13.5 Å². The standard InChI is InChI=1S/C14H17NO3S2/c1-11-4-6-12(7-5-11)10-20(17,18)15-9-13(16)14-3-2-8-19-14/h2-8,13,15-16H,9-10H2,1H3. The van der Waals surface area contributed by atoms with Crippen LogP contribution in [0.25, 0.3) is 0 Å².